The summed E-state index contributed by atoms with van der Waals surface area (Å²) >= 11 is 0. The molecule has 8 heteroatoms. The molecule has 2 rings (SSSR count). The minimum Gasteiger partial charge on any atom is -0.458 e. The van der Waals surface area contributed by atoms with Crippen molar-refractivity contribution in [1.29, 1.82) is 0 Å². The van der Waals surface area contributed by atoms with Crippen LogP contribution >= 0.6 is 0 Å². The monoisotopic (exact) mass is 426 g/mol. The Morgan fingerprint density at radius 2 is 1.93 bits per heavy atom. The van der Waals surface area contributed by atoms with Gasteiger partial charge >= 0.3 is 17.9 Å². The van der Waals surface area contributed by atoms with Crippen molar-refractivity contribution >= 4 is 17.9 Å². The largest absolute Gasteiger partial charge is 0.458 e. The number of rotatable bonds is 7. The Morgan fingerprint density at radius 3 is 2.53 bits per heavy atom. The van der Waals surface area contributed by atoms with E-state index < -0.39 is 65.9 Å². The molecule has 0 amide bonds. The molecular weight excluding hydrogens is 392 g/mol. The van der Waals surface area contributed by atoms with Crippen molar-refractivity contribution in [1.82, 2.24) is 0 Å². The van der Waals surface area contributed by atoms with E-state index in [2.05, 4.69) is 0 Å². The second-order valence-corrected chi connectivity index (χ2v) is 8.51. The van der Waals surface area contributed by atoms with E-state index in [4.69, 9.17) is 18.9 Å². The minimum atomic E-state index is -1.06. The Labute approximate surface area is 177 Å². The number of ether oxygens (including phenoxy) is 4. The first kappa shape index (κ1) is 24.3. The van der Waals surface area contributed by atoms with E-state index in [1.807, 2.05) is 13.8 Å². The zero-order chi connectivity index (χ0) is 22.6. The summed E-state index contributed by atoms with van der Waals surface area (Å²) in [5.41, 5.74) is -1.06. The Hall–Kier alpha value is -1.93. The van der Waals surface area contributed by atoms with Gasteiger partial charge in [0.2, 0.25) is 0 Å². The van der Waals surface area contributed by atoms with Crippen LogP contribution in [0.4, 0.5) is 0 Å². The van der Waals surface area contributed by atoms with Gasteiger partial charge in [0.25, 0.3) is 0 Å². The molecule has 2 heterocycles. The summed E-state index contributed by atoms with van der Waals surface area (Å²) in [6.45, 7) is 10.3. The maximum atomic E-state index is 12.4. The van der Waals surface area contributed by atoms with Crippen LogP contribution < -0.4 is 0 Å². The number of carbonyl (C=O) groups is 3. The summed E-state index contributed by atoms with van der Waals surface area (Å²) in [6.07, 6.45) is 1.56. The van der Waals surface area contributed by atoms with Gasteiger partial charge in [-0.25, -0.2) is 4.79 Å². The molecule has 0 unspecified atom stereocenters. The summed E-state index contributed by atoms with van der Waals surface area (Å²) < 4.78 is 22.8. The van der Waals surface area contributed by atoms with Crippen molar-refractivity contribution in [3.63, 3.8) is 0 Å². The highest BCUT2D eigenvalue weighted by atomic mass is 16.6. The van der Waals surface area contributed by atoms with Crippen molar-refractivity contribution < 1.29 is 38.4 Å². The van der Waals surface area contributed by atoms with Gasteiger partial charge in [0, 0.05) is 18.9 Å². The summed E-state index contributed by atoms with van der Waals surface area (Å²) in [5, 5.41) is 9.86. The number of hydrogen-bond donors (Lipinski definition) is 1. The van der Waals surface area contributed by atoms with E-state index in [9.17, 15) is 19.5 Å². The smallest absolute Gasteiger partial charge is 0.330 e. The Kier molecular flexibility index (Phi) is 8.05. The molecular formula is C22H34O8. The van der Waals surface area contributed by atoms with Crippen LogP contribution in [-0.4, -0.2) is 59.1 Å². The second-order valence-electron chi connectivity index (χ2n) is 8.51. The molecule has 0 spiro atoms. The zero-order valence-electron chi connectivity index (χ0n) is 18.6. The van der Waals surface area contributed by atoms with Crippen LogP contribution in [0.15, 0.2) is 12.2 Å². The Morgan fingerprint density at radius 1 is 1.27 bits per heavy atom. The van der Waals surface area contributed by atoms with E-state index >= 15 is 0 Å². The fourth-order valence-corrected chi connectivity index (χ4v) is 4.44. The second kappa shape index (κ2) is 9.92. The van der Waals surface area contributed by atoms with Gasteiger partial charge < -0.3 is 24.1 Å². The lowest BCUT2D eigenvalue weighted by atomic mass is 9.73. The maximum Gasteiger partial charge on any atom is 0.330 e. The molecule has 0 bridgehead atoms. The van der Waals surface area contributed by atoms with Gasteiger partial charge in [-0.05, 0) is 33.3 Å². The maximum absolute atomic E-state index is 12.4. The molecule has 0 aromatic heterocycles. The van der Waals surface area contributed by atoms with E-state index in [0.29, 0.717) is 6.42 Å². The molecule has 1 N–H and O–H groups in total. The fraction of sp³-hybridized carbons (Fsp3) is 0.773. The molecule has 0 radical (unpaired) electrons. The highest BCUT2D eigenvalue weighted by Gasteiger charge is 2.62. The van der Waals surface area contributed by atoms with Gasteiger partial charge in [0.1, 0.15) is 23.9 Å². The lowest BCUT2D eigenvalue weighted by Gasteiger charge is -2.55. The first-order valence-corrected chi connectivity index (χ1v) is 10.6. The first-order valence-electron chi connectivity index (χ1n) is 10.6. The standard InChI is InChI=1S/C22H34O8/c1-7-8-9-16(24)10-11-17(25)28-18-12(2)19-22(6,30-14(18)4)20(27-15(5)23)13(3)21(26)29-19/h10-14,16,18-20,24H,7-9H2,1-6H3/b11-10+/t12-,13+,14+,16+,18-,19+,20+,22+/m1/s1. The summed E-state index contributed by atoms with van der Waals surface area (Å²) in [6, 6.07) is 0. The van der Waals surface area contributed by atoms with Crippen molar-refractivity contribution in [2.75, 3.05) is 0 Å². The molecule has 8 nitrogen and oxygen atoms in total. The lowest BCUT2D eigenvalue weighted by molar-refractivity contribution is -0.300. The van der Waals surface area contributed by atoms with Gasteiger partial charge in [-0.1, -0.05) is 26.7 Å². The normalized spacial score (nSPS) is 37.2. The first-order chi connectivity index (χ1) is 14.0. The van der Waals surface area contributed by atoms with Crippen LogP contribution in [0.5, 0.6) is 0 Å². The zero-order valence-corrected chi connectivity index (χ0v) is 18.6. The van der Waals surface area contributed by atoms with Crippen LogP contribution in [-0.2, 0) is 33.3 Å². The van der Waals surface area contributed by atoms with Crippen LogP contribution in [0, 0.1) is 11.8 Å². The third kappa shape index (κ3) is 5.21. The minimum absolute atomic E-state index is 0.393. The molecule has 170 valence electrons. The van der Waals surface area contributed by atoms with E-state index in [1.165, 1.54) is 19.1 Å². The van der Waals surface area contributed by atoms with Crippen molar-refractivity contribution in [3.05, 3.63) is 12.2 Å². The number of esters is 3. The topological polar surface area (TPSA) is 108 Å². The molecule has 2 aliphatic heterocycles. The third-order valence-electron chi connectivity index (χ3n) is 5.95. The predicted octanol–water partition coefficient (Wildman–Crippen LogP) is 2.31. The molecule has 8 atom stereocenters. The van der Waals surface area contributed by atoms with E-state index in [0.717, 1.165) is 12.8 Å². The molecule has 2 aliphatic rings. The van der Waals surface area contributed by atoms with Gasteiger partial charge in [-0.3, -0.25) is 9.59 Å². The number of hydrogen-bond acceptors (Lipinski definition) is 8. The van der Waals surface area contributed by atoms with Gasteiger partial charge in [-0.15, -0.1) is 0 Å². The van der Waals surface area contributed by atoms with Crippen LogP contribution in [0.1, 0.15) is 60.8 Å². The molecule has 2 saturated heterocycles. The summed E-state index contributed by atoms with van der Waals surface area (Å²) in [7, 11) is 0. The summed E-state index contributed by atoms with van der Waals surface area (Å²) in [5.74, 6) is -2.67. The molecule has 0 aromatic rings. The van der Waals surface area contributed by atoms with Crippen LogP contribution in [0.25, 0.3) is 0 Å². The van der Waals surface area contributed by atoms with Crippen LogP contribution in [0.3, 0.4) is 0 Å². The van der Waals surface area contributed by atoms with Gasteiger partial charge in [-0.2, -0.15) is 0 Å². The Bertz CT molecular complexity index is 674. The fourth-order valence-electron chi connectivity index (χ4n) is 4.44. The number of aliphatic hydroxyl groups excluding tert-OH is 1. The molecule has 2 fully saturated rings. The SMILES string of the molecule is CCCC[C@H](O)/C=C/C(=O)O[C@@H]1[C@@H](C)[C@@H]2OC(=O)[C@@H](C)[C@H](OC(C)=O)[C@@]2(C)O[C@H]1C. The Balaban J connectivity index is 2.14. The van der Waals surface area contributed by atoms with Crippen molar-refractivity contribution in [2.24, 2.45) is 11.8 Å². The summed E-state index contributed by atoms with van der Waals surface area (Å²) in [4.78, 5) is 36.3. The average molecular weight is 427 g/mol. The van der Waals surface area contributed by atoms with Crippen LogP contribution in [0.2, 0.25) is 0 Å². The number of aliphatic hydroxyl groups is 1. The lowest BCUT2D eigenvalue weighted by Crippen LogP contribution is -2.70. The highest BCUT2D eigenvalue weighted by molar-refractivity contribution is 5.82. The van der Waals surface area contributed by atoms with Gasteiger partial charge in [0.05, 0.1) is 18.1 Å². The molecule has 0 saturated carbocycles. The average Bonchev–Trinajstić information content (AvgIpc) is 2.67. The highest BCUT2D eigenvalue weighted by Crippen LogP contribution is 2.45. The third-order valence-corrected chi connectivity index (χ3v) is 5.95. The number of carbonyl (C=O) groups excluding carboxylic acids is 3. The predicted molar refractivity (Wildman–Crippen MR) is 107 cm³/mol. The van der Waals surface area contributed by atoms with Crippen molar-refractivity contribution in [2.45, 2.75) is 96.9 Å². The molecule has 30 heavy (non-hydrogen) atoms. The molecule has 0 aliphatic carbocycles. The van der Waals surface area contributed by atoms with E-state index in [1.54, 1.807) is 20.8 Å². The van der Waals surface area contributed by atoms with Gasteiger partial charge in [0.15, 0.2) is 0 Å². The number of fused-ring (bicyclic) bond motifs is 1. The number of unbranched alkanes of at least 4 members (excludes halogenated alkanes) is 1. The van der Waals surface area contributed by atoms with E-state index in [-0.39, 0.29) is 0 Å². The molecule has 0 aromatic carbocycles. The van der Waals surface area contributed by atoms with Crippen molar-refractivity contribution in [3.8, 4) is 0 Å². The quantitative estimate of drug-likeness (QED) is 0.375.